The van der Waals surface area contributed by atoms with Gasteiger partial charge in [0.05, 0.1) is 16.1 Å². The summed E-state index contributed by atoms with van der Waals surface area (Å²) in [6.07, 6.45) is 0.650. The summed E-state index contributed by atoms with van der Waals surface area (Å²) in [5.74, 6) is 0.235. The number of halogens is 4. The number of carbonyl (C=O) groups is 1. The Morgan fingerprint density at radius 3 is 2.50 bits per heavy atom. The number of hydrogen-bond acceptors (Lipinski definition) is 1. The Balaban J connectivity index is 2.98. The number of amides is 1. The van der Waals surface area contributed by atoms with E-state index >= 15 is 0 Å². The van der Waals surface area contributed by atoms with Crippen molar-refractivity contribution < 1.29 is 4.79 Å². The highest BCUT2D eigenvalue weighted by Gasteiger charge is 2.29. The van der Waals surface area contributed by atoms with Crippen LogP contribution in [0.5, 0.6) is 0 Å². The lowest BCUT2D eigenvalue weighted by molar-refractivity contribution is 0.0913. The quantitative estimate of drug-likeness (QED) is 0.759. The highest BCUT2D eigenvalue weighted by atomic mass is 79.9. The molecule has 2 nitrogen and oxygen atoms in total. The summed E-state index contributed by atoms with van der Waals surface area (Å²) in [4.78, 5) is 12.2. The molecule has 0 heterocycles. The van der Waals surface area contributed by atoms with Gasteiger partial charge in [-0.3, -0.25) is 4.79 Å². The van der Waals surface area contributed by atoms with Crippen LogP contribution in [0.15, 0.2) is 22.7 Å². The van der Waals surface area contributed by atoms with Crippen LogP contribution in [-0.2, 0) is 0 Å². The van der Waals surface area contributed by atoms with Crippen molar-refractivity contribution >= 4 is 56.6 Å². The van der Waals surface area contributed by atoms with Crippen molar-refractivity contribution in [2.24, 2.45) is 0 Å². The first-order valence-corrected chi connectivity index (χ1v) is 7.62. The standard InChI is InChI=1S/C12H13BrCl3NO/c1-2-12(6-14,7-15)17-11(18)8-4-3-5-9(13)10(8)16/h3-5H,2,6-7H2,1H3,(H,17,18). The zero-order valence-electron chi connectivity index (χ0n) is 9.77. The van der Waals surface area contributed by atoms with E-state index in [0.29, 0.717) is 21.5 Å². The number of alkyl halides is 2. The number of carbonyl (C=O) groups excluding carboxylic acids is 1. The molecular weight excluding hydrogens is 360 g/mol. The van der Waals surface area contributed by atoms with E-state index in [1.54, 1.807) is 18.2 Å². The predicted molar refractivity (Wildman–Crippen MR) is 81.1 cm³/mol. The second-order valence-corrected chi connectivity index (χ2v) is 5.72. The highest BCUT2D eigenvalue weighted by molar-refractivity contribution is 9.10. The summed E-state index contributed by atoms with van der Waals surface area (Å²) in [5, 5.41) is 3.23. The van der Waals surface area contributed by atoms with Crippen LogP contribution in [-0.4, -0.2) is 23.2 Å². The molecule has 0 spiro atoms. The van der Waals surface area contributed by atoms with Gasteiger partial charge < -0.3 is 5.32 Å². The maximum Gasteiger partial charge on any atom is 0.253 e. The molecular formula is C12H13BrCl3NO. The van der Waals surface area contributed by atoms with Crippen LogP contribution < -0.4 is 5.32 Å². The molecule has 0 unspecified atom stereocenters. The highest BCUT2D eigenvalue weighted by Crippen LogP contribution is 2.26. The van der Waals surface area contributed by atoms with Crippen molar-refractivity contribution in [2.75, 3.05) is 11.8 Å². The molecule has 1 aromatic carbocycles. The van der Waals surface area contributed by atoms with Crippen molar-refractivity contribution in [3.05, 3.63) is 33.3 Å². The zero-order chi connectivity index (χ0) is 13.8. The SMILES string of the molecule is CCC(CCl)(CCl)NC(=O)c1cccc(Br)c1Cl. The number of nitrogens with one attached hydrogen (secondary N) is 1. The van der Waals surface area contributed by atoms with Crippen LogP contribution in [0.25, 0.3) is 0 Å². The summed E-state index contributed by atoms with van der Waals surface area (Å²) in [6.45, 7) is 1.92. The van der Waals surface area contributed by atoms with Gasteiger partial charge in [-0.15, -0.1) is 23.2 Å². The van der Waals surface area contributed by atoms with Gasteiger partial charge in [0, 0.05) is 16.2 Å². The molecule has 0 aliphatic carbocycles. The molecule has 0 atom stereocenters. The minimum atomic E-state index is -0.605. The average molecular weight is 374 g/mol. The molecule has 100 valence electrons. The smallest absolute Gasteiger partial charge is 0.253 e. The monoisotopic (exact) mass is 371 g/mol. The van der Waals surface area contributed by atoms with Gasteiger partial charge in [0.25, 0.3) is 5.91 Å². The Kier molecular flexibility index (Phi) is 6.25. The van der Waals surface area contributed by atoms with Crippen molar-refractivity contribution in [2.45, 2.75) is 18.9 Å². The number of rotatable bonds is 5. The summed E-state index contributed by atoms with van der Waals surface area (Å²) in [6, 6.07) is 5.18. The molecule has 0 fully saturated rings. The third-order valence-corrected chi connectivity index (χ3v) is 5.08. The van der Waals surface area contributed by atoms with E-state index in [-0.39, 0.29) is 17.7 Å². The fourth-order valence-corrected chi connectivity index (χ4v) is 2.74. The fourth-order valence-electron chi connectivity index (χ4n) is 1.37. The third kappa shape index (κ3) is 3.53. The van der Waals surface area contributed by atoms with Crippen molar-refractivity contribution in [1.29, 1.82) is 0 Å². The first kappa shape index (κ1) is 16.1. The minimum Gasteiger partial charge on any atom is -0.344 e. The molecule has 0 aliphatic heterocycles. The Bertz CT molecular complexity index is 427. The van der Waals surface area contributed by atoms with E-state index < -0.39 is 5.54 Å². The third-order valence-electron chi connectivity index (χ3n) is 2.76. The number of hydrogen-bond donors (Lipinski definition) is 1. The van der Waals surface area contributed by atoms with Crippen molar-refractivity contribution in [1.82, 2.24) is 5.32 Å². The number of benzene rings is 1. The second-order valence-electron chi connectivity index (χ2n) is 3.96. The predicted octanol–water partition coefficient (Wildman–Crippen LogP) is 4.46. The summed E-state index contributed by atoms with van der Waals surface area (Å²) in [5.41, 5.74) is -0.203. The van der Waals surface area contributed by atoms with E-state index in [2.05, 4.69) is 21.2 Å². The molecule has 1 N–H and O–H groups in total. The molecule has 18 heavy (non-hydrogen) atoms. The van der Waals surface area contributed by atoms with Gasteiger partial charge in [-0.1, -0.05) is 24.6 Å². The Morgan fingerprint density at radius 2 is 2.00 bits per heavy atom. The van der Waals surface area contributed by atoms with Crippen LogP contribution in [0.3, 0.4) is 0 Å². The van der Waals surface area contributed by atoms with Crippen LogP contribution in [0.1, 0.15) is 23.7 Å². The van der Waals surface area contributed by atoms with Crippen LogP contribution in [0.4, 0.5) is 0 Å². The molecule has 0 saturated heterocycles. The lowest BCUT2D eigenvalue weighted by Crippen LogP contribution is -2.51. The summed E-state index contributed by atoms with van der Waals surface area (Å²) < 4.78 is 0.677. The lowest BCUT2D eigenvalue weighted by Gasteiger charge is -2.29. The minimum absolute atomic E-state index is 0.254. The Labute approximate surface area is 130 Å². The maximum absolute atomic E-state index is 12.2. The average Bonchev–Trinajstić information content (AvgIpc) is 2.39. The maximum atomic E-state index is 12.2. The van der Waals surface area contributed by atoms with Crippen molar-refractivity contribution in [3.63, 3.8) is 0 Å². The van der Waals surface area contributed by atoms with Gasteiger partial charge >= 0.3 is 0 Å². The van der Waals surface area contributed by atoms with E-state index in [4.69, 9.17) is 34.8 Å². The molecule has 6 heteroatoms. The summed E-state index contributed by atoms with van der Waals surface area (Å²) in [7, 11) is 0. The molecule has 0 aromatic heterocycles. The van der Waals surface area contributed by atoms with Gasteiger partial charge in [-0.05, 0) is 34.5 Å². The zero-order valence-corrected chi connectivity index (χ0v) is 13.6. The van der Waals surface area contributed by atoms with Gasteiger partial charge in [0.15, 0.2) is 0 Å². The van der Waals surface area contributed by atoms with E-state index in [1.807, 2.05) is 6.92 Å². The molecule has 1 aromatic rings. The topological polar surface area (TPSA) is 29.1 Å². The van der Waals surface area contributed by atoms with Gasteiger partial charge in [-0.2, -0.15) is 0 Å². The molecule has 1 amide bonds. The molecule has 1 rings (SSSR count). The Hall–Kier alpha value is 0.0400. The van der Waals surface area contributed by atoms with E-state index in [9.17, 15) is 4.79 Å². The largest absolute Gasteiger partial charge is 0.344 e. The first-order chi connectivity index (χ1) is 8.49. The van der Waals surface area contributed by atoms with Gasteiger partial charge in [0.1, 0.15) is 0 Å². The normalized spacial score (nSPS) is 11.4. The summed E-state index contributed by atoms with van der Waals surface area (Å²) >= 11 is 21.1. The Morgan fingerprint density at radius 1 is 1.39 bits per heavy atom. The van der Waals surface area contributed by atoms with Crippen LogP contribution >= 0.6 is 50.7 Å². The van der Waals surface area contributed by atoms with Crippen molar-refractivity contribution in [3.8, 4) is 0 Å². The molecule has 0 radical (unpaired) electrons. The van der Waals surface area contributed by atoms with Gasteiger partial charge in [-0.25, -0.2) is 0 Å². The van der Waals surface area contributed by atoms with Gasteiger partial charge in [0.2, 0.25) is 0 Å². The molecule has 0 bridgehead atoms. The molecule has 0 aliphatic rings. The second kappa shape index (κ2) is 6.99. The molecule has 0 saturated carbocycles. The first-order valence-electron chi connectivity index (χ1n) is 5.38. The van der Waals surface area contributed by atoms with E-state index in [0.717, 1.165) is 0 Å². The lowest BCUT2D eigenvalue weighted by atomic mass is 10.0. The van der Waals surface area contributed by atoms with E-state index in [1.165, 1.54) is 0 Å². The fraction of sp³-hybridized carbons (Fsp3) is 0.417. The van der Waals surface area contributed by atoms with Crippen LogP contribution in [0, 0.1) is 0 Å². The van der Waals surface area contributed by atoms with Crippen LogP contribution in [0.2, 0.25) is 5.02 Å².